The monoisotopic (exact) mass is 323 g/mol. The molecule has 0 amide bonds. The number of aromatic nitrogens is 2. The number of rotatable bonds is 2. The molecule has 4 rings (SSSR count). The van der Waals surface area contributed by atoms with Gasteiger partial charge >= 0.3 is 0 Å². The molecule has 1 aliphatic heterocycles. The Balaban J connectivity index is 1.95. The van der Waals surface area contributed by atoms with Crippen molar-refractivity contribution in [2.24, 2.45) is 10.9 Å². The third-order valence-corrected chi connectivity index (χ3v) is 4.47. The van der Waals surface area contributed by atoms with E-state index in [1.165, 1.54) is 0 Å². The lowest BCUT2D eigenvalue weighted by Gasteiger charge is -2.28. The molecule has 0 aliphatic carbocycles. The fraction of sp³-hybridized carbons (Fsp3) is 0.100. The van der Waals surface area contributed by atoms with Crippen molar-refractivity contribution in [3.8, 4) is 12.1 Å². The number of nitriles is 2. The van der Waals surface area contributed by atoms with E-state index in [-0.39, 0.29) is 5.92 Å². The van der Waals surface area contributed by atoms with Crippen LogP contribution in [0.1, 0.15) is 28.2 Å². The van der Waals surface area contributed by atoms with Crippen molar-refractivity contribution in [3.05, 3.63) is 83.0 Å². The lowest BCUT2D eigenvalue weighted by molar-refractivity contribution is 0.717. The lowest BCUT2D eigenvalue weighted by atomic mass is 9.75. The number of nitrogens with one attached hydrogen (secondary N) is 1. The van der Waals surface area contributed by atoms with Gasteiger partial charge in [0.2, 0.25) is 0 Å². The molecular formula is C20H13N5. The highest BCUT2D eigenvalue weighted by atomic mass is 15.2. The maximum atomic E-state index is 9.94. The highest BCUT2D eigenvalue weighted by molar-refractivity contribution is 6.07. The van der Waals surface area contributed by atoms with Gasteiger partial charge in [0.25, 0.3) is 0 Å². The van der Waals surface area contributed by atoms with Crippen LogP contribution in [0.25, 0.3) is 0 Å². The summed E-state index contributed by atoms with van der Waals surface area (Å²) in [6.07, 6.45) is 1.70. The van der Waals surface area contributed by atoms with Crippen LogP contribution in [-0.2, 0) is 0 Å². The first kappa shape index (κ1) is 14.9. The van der Waals surface area contributed by atoms with Crippen LogP contribution < -0.4 is 0 Å². The second kappa shape index (κ2) is 6.07. The Labute approximate surface area is 144 Å². The van der Waals surface area contributed by atoms with Crippen LogP contribution >= 0.6 is 0 Å². The molecule has 0 spiro atoms. The normalized spacial score (nSPS) is 18.6. The van der Waals surface area contributed by atoms with Crippen molar-refractivity contribution >= 4 is 11.5 Å². The van der Waals surface area contributed by atoms with E-state index in [0.717, 1.165) is 16.7 Å². The maximum absolute atomic E-state index is 9.94. The largest absolute Gasteiger partial charge is 0.261 e. The smallest absolute Gasteiger partial charge is 0.152 e. The van der Waals surface area contributed by atoms with Crippen LogP contribution in [0.15, 0.2) is 65.8 Å². The third kappa shape index (κ3) is 2.39. The minimum atomic E-state index is -0.498. The molecule has 2 aromatic carbocycles. The summed E-state index contributed by atoms with van der Waals surface area (Å²) in [5.74, 6) is -0.146. The number of benzene rings is 2. The highest BCUT2D eigenvalue weighted by Crippen LogP contribution is 2.43. The first-order chi connectivity index (χ1) is 12.3. The summed E-state index contributed by atoms with van der Waals surface area (Å²) < 4.78 is 0. The Hall–Kier alpha value is -3.70. The van der Waals surface area contributed by atoms with Gasteiger partial charge in [-0.25, -0.2) is 4.99 Å². The van der Waals surface area contributed by atoms with Gasteiger partial charge in [-0.05, 0) is 17.2 Å². The zero-order chi connectivity index (χ0) is 17.2. The molecule has 2 atom stereocenters. The second-order valence-electron chi connectivity index (χ2n) is 5.82. The van der Waals surface area contributed by atoms with Crippen molar-refractivity contribution in [1.82, 2.24) is 10.2 Å². The molecule has 0 saturated heterocycles. The summed E-state index contributed by atoms with van der Waals surface area (Å²) in [7, 11) is 0. The van der Waals surface area contributed by atoms with Gasteiger partial charge in [-0.2, -0.15) is 15.6 Å². The molecule has 0 radical (unpaired) electrons. The molecule has 1 aliphatic rings. The fourth-order valence-corrected chi connectivity index (χ4v) is 3.34. The average Bonchev–Trinajstić information content (AvgIpc) is 3.15. The standard InChI is InChI=1S/C20H13N5/c21-10-14-8-4-5-9-15(14)18-16(11-22)19(13-6-2-1-3-7-13)24-20-17(18)12-23-25-20/h1-9,12,16,18H,(H,23,25). The minimum Gasteiger partial charge on any atom is -0.261 e. The van der Waals surface area contributed by atoms with Gasteiger partial charge in [-0.3, -0.25) is 5.10 Å². The predicted octanol–water partition coefficient (Wildman–Crippen LogP) is 3.69. The quantitative estimate of drug-likeness (QED) is 0.780. The Morgan fingerprint density at radius 2 is 1.68 bits per heavy atom. The van der Waals surface area contributed by atoms with E-state index in [1.54, 1.807) is 12.3 Å². The molecule has 0 bridgehead atoms. The molecule has 3 aromatic rings. The number of hydrogen-bond acceptors (Lipinski definition) is 4. The van der Waals surface area contributed by atoms with Crippen LogP contribution in [0.5, 0.6) is 0 Å². The van der Waals surface area contributed by atoms with E-state index in [2.05, 4.69) is 27.3 Å². The first-order valence-corrected chi connectivity index (χ1v) is 7.89. The predicted molar refractivity (Wildman–Crippen MR) is 93.3 cm³/mol. The molecule has 2 heterocycles. The molecule has 118 valence electrons. The van der Waals surface area contributed by atoms with Crippen molar-refractivity contribution in [2.45, 2.75) is 5.92 Å². The van der Waals surface area contributed by atoms with Crippen molar-refractivity contribution in [2.75, 3.05) is 0 Å². The Morgan fingerprint density at radius 3 is 2.44 bits per heavy atom. The summed E-state index contributed by atoms with van der Waals surface area (Å²) in [6.45, 7) is 0. The average molecular weight is 323 g/mol. The van der Waals surface area contributed by atoms with E-state index in [1.807, 2.05) is 48.5 Å². The van der Waals surface area contributed by atoms with Gasteiger partial charge in [-0.15, -0.1) is 0 Å². The van der Waals surface area contributed by atoms with Crippen LogP contribution in [0.4, 0.5) is 5.82 Å². The van der Waals surface area contributed by atoms with Gasteiger partial charge in [0.05, 0.1) is 29.6 Å². The molecule has 1 N–H and O–H groups in total. The summed E-state index contributed by atoms with van der Waals surface area (Å²) >= 11 is 0. The van der Waals surface area contributed by atoms with Crippen LogP contribution in [-0.4, -0.2) is 15.9 Å². The van der Waals surface area contributed by atoms with Gasteiger partial charge < -0.3 is 0 Å². The summed E-state index contributed by atoms with van der Waals surface area (Å²) in [6, 6.07) is 21.7. The van der Waals surface area contributed by atoms with Crippen LogP contribution in [0, 0.1) is 28.6 Å². The highest BCUT2D eigenvalue weighted by Gasteiger charge is 2.37. The van der Waals surface area contributed by atoms with Crippen molar-refractivity contribution in [1.29, 1.82) is 10.5 Å². The van der Waals surface area contributed by atoms with Crippen molar-refractivity contribution in [3.63, 3.8) is 0 Å². The third-order valence-electron chi connectivity index (χ3n) is 4.47. The number of aliphatic imine (C=N–C) groups is 1. The molecule has 1 aromatic heterocycles. The lowest BCUT2D eigenvalue weighted by Crippen LogP contribution is -2.26. The summed E-state index contributed by atoms with van der Waals surface area (Å²) in [5.41, 5.74) is 3.82. The fourth-order valence-electron chi connectivity index (χ4n) is 3.34. The molecular weight excluding hydrogens is 310 g/mol. The van der Waals surface area contributed by atoms with Crippen LogP contribution in [0.2, 0.25) is 0 Å². The van der Waals surface area contributed by atoms with Gasteiger partial charge in [0.15, 0.2) is 5.82 Å². The topological polar surface area (TPSA) is 88.6 Å². The van der Waals surface area contributed by atoms with Gasteiger partial charge in [0, 0.05) is 11.5 Å². The maximum Gasteiger partial charge on any atom is 0.152 e. The minimum absolute atomic E-state index is 0.290. The number of fused-ring (bicyclic) bond motifs is 1. The van der Waals surface area contributed by atoms with E-state index < -0.39 is 5.92 Å². The molecule has 5 heteroatoms. The molecule has 0 fully saturated rings. The number of H-pyrrole nitrogens is 1. The number of nitrogens with zero attached hydrogens (tertiary/aromatic N) is 4. The van der Waals surface area contributed by atoms with Crippen molar-refractivity contribution < 1.29 is 0 Å². The van der Waals surface area contributed by atoms with Gasteiger partial charge in [0.1, 0.15) is 5.92 Å². The summed E-state index contributed by atoms with van der Waals surface area (Å²) in [4.78, 5) is 4.65. The zero-order valence-corrected chi connectivity index (χ0v) is 13.2. The molecule has 2 unspecified atom stereocenters. The zero-order valence-electron chi connectivity index (χ0n) is 13.2. The number of aromatic amines is 1. The van der Waals surface area contributed by atoms with E-state index >= 15 is 0 Å². The Morgan fingerprint density at radius 1 is 0.920 bits per heavy atom. The van der Waals surface area contributed by atoms with E-state index in [0.29, 0.717) is 17.1 Å². The first-order valence-electron chi connectivity index (χ1n) is 7.89. The Kier molecular flexibility index (Phi) is 3.61. The molecule has 25 heavy (non-hydrogen) atoms. The van der Waals surface area contributed by atoms with Gasteiger partial charge in [-0.1, -0.05) is 48.5 Å². The second-order valence-corrected chi connectivity index (χ2v) is 5.82. The van der Waals surface area contributed by atoms with E-state index in [4.69, 9.17) is 0 Å². The number of hydrogen-bond donors (Lipinski definition) is 1. The molecule has 5 nitrogen and oxygen atoms in total. The van der Waals surface area contributed by atoms with E-state index in [9.17, 15) is 10.5 Å². The molecule has 0 saturated carbocycles. The SMILES string of the molecule is N#Cc1ccccc1C1c2cn[nH]c2N=C(c2ccccc2)C1C#N. The Bertz CT molecular complexity index is 1030. The van der Waals surface area contributed by atoms with Crippen LogP contribution in [0.3, 0.4) is 0 Å². The summed E-state index contributed by atoms with van der Waals surface area (Å²) in [5, 5.41) is 26.5.